The molecule has 0 spiro atoms. The summed E-state index contributed by atoms with van der Waals surface area (Å²) >= 11 is 0. The van der Waals surface area contributed by atoms with Crippen molar-refractivity contribution in [3.63, 3.8) is 0 Å². The smallest absolute Gasteiger partial charge is 0.412 e. The van der Waals surface area contributed by atoms with Crippen LogP contribution in [0.3, 0.4) is 0 Å². The van der Waals surface area contributed by atoms with Crippen molar-refractivity contribution in [2.45, 2.75) is 19.4 Å². The minimum Gasteiger partial charge on any atom is -0.438 e. The van der Waals surface area contributed by atoms with E-state index in [2.05, 4.69) is 5.32 Å². The fourth-order valence-electron chi connectivity index (χ4n) is 2.60. The van der Waals surface area contributed by atoms with Gasteiger partial charge in [0.1, 0.15) is 11.4 Å². The number of nitrogens with one attached hydrogen (secondary N) is 1. The largest absolute Gasteiger partial charge is 0.438 e. The van der Waals surface area contributed by atoms with Crippen molar-refractivity contribution in [1.29, 1.82) is 0 Å². The van der Waals surface area contributed by atoms with Crippen LogP contribution in [0.1, 0.15) is 19.4 Å². The molecule has 7 heteroatoms. The second-order valence-corrected chi connectivity index (χ2v) is 5.74. The number of ether oxygens (including phenoxy) is 1. The third kappa shape index (κ3) is 2.73. The molecule has 0 fully saturated rings. The van der Waals surface area contributed by atoms with Gasteiger partial charge in [0.25, 0.3) is 5.69 Å². The second-order valence-electron chi connectivity index (χ2n) is 5.74. The Bertz CT molecular complexity index is 833. The van der Waals surface area contributed by atoms with E-state index < -0.39 is 22.4 Å². The highest BCUT2D eigenvalue weighted by atomic mass is 19.1. The van der Waals surface area contributed by atoms with Gasteiger partial charge in [0.05, 0.1) is 16.7 Å². The molecule has 3 rings (SSSR count). The molecule has 1 aliphatic rings. The number of anilines is 1. The lowest BCUT2D eigenvalue weighted by atomic mass is 9.91. The number of benzene rings is 2. The van der Waals surface area contributed by atoms with Crippen molar-refractivity contribution in [3.8, 4) is 11.1 Å². The number of cyclic esters (lactones) is 1. The van der Waals surface area contributed by atoms with E-state index in [1.165, 1.54) is 12.1 Å². The van der Waals surface area contributed by atoms with E-state index in [1.54, 1.807) is 32.0 Å². The second kappa shape index (κ2) is 5.05. The standard InChI is InChI=1S/C16H13FN2O4/c1-16(2)13-7-9(3-4-14(13)18-15(20)23-16)10-5-11(17)8-12(6-10)19(21)22/h3-8H,1-2H3,(H,18,20). The van der Waals surface area contributed by atoms with E-state index in [1.807, 2.05) is 0 Å². The van der Waals surface area contributed by atoms with Crippen molar-refractivity contribution < 1.29 is 18.8 Å². The van der Waals surface area contributed by atoms with E-state index in [4.69, 9.17) is 4.74 Å². The summed E-state index contributed by atoms with van der Waals surface area (Å²) in [4.78, 5) is 21.7. The zero-order valence-corrected chi connectivity index (χ0v) is 12.4. The molecule has 1 aliphatic heterocycles. The lowest BCUT2D eigenvalue weighted by Gasteiger charge is -2.32. The van der Waals surface area contributed by atoms with Crippen molar-refractivity contribution in [2.75, 3.05) is 5.32 Å². The van der Waals surface area contributed by atoms with Crippen LogP contribution in [0.4, 0.5) is 20.6 Å². The first kappa shape index (κ1) is 15.0. The number of non-ortho nitro benzene ring substituents is 1. The molecule has 2 aromatic rings. The van der Waals surface area contributed by atoms with Crippen LogP contribution in [0.2, 0.25) is 0 Å². The maximum atomic E-state index is 13.6. The Labute approximate surface area is 131 Å². The predicted molar refractivity (Wildman–Crippen MR) is 81.6 cm³/mol. The van der Waals surface area contributed by atoms with Gasteiger partial charge >= 0.3 is 6.09 Å². The van der Waals surface area contributed by atoms with Crippen LogP contribution in [0.25, 0.3) is 11.1 Å². The highest BCUT2D eigenvalue weighted by Gasteiger charge is 2.33. The van der Waals surface area contributed by atoms with E-state index in [9.17, 15) is 19.3 Å². The molecule has 1 amide bonds. The molecule has 0 bridgehead atoms. The number of amides is 1. The fourth-order valence-corrected chi connectivity index (χ4v) is 2.60. The van der Waals surface area contributed by atoms with E-state index in [0.717, 1.165) is 6.07 Å². The summed E-state index contributed by atoms with van der Waals surface area (Å²) in [6, 6.07) is 8.47. The lowest BCUT2D eigenvalue weighted by Crippen LogP contribution is -2.34. The highest BCUT2D eigenvalue weighted by molar-refractivity contribution is 5.89. The molecule has 0 saturated carbocycles. The van der Waals surface area contributed by atoms with Gasteiger partial charge in [-0.3, -0.25) is 15.4 Å². The van der Waals surface area contributed by atoms with Crippen LogP contribution >= 0.6 is 0 Å². The SMILES string of the molecule is CC1(C)OC(=O)Nc2ccc(-c3cc(F)cc([N+](=O)[O-])c3)cc21. The zero-order chi connectivity index (χ0) is 16.8. The van der Waals surface area contributed by atoms with Gasteiger partial charge in [-0.2, -0.15) is 0 Å². The summed E-state index contributed by atoms with van der Waals surface area (Å²) in [6.07, 6.45) is -0.545. The number of halogens is 1. The van der Waals surface area contributed by atoms with Crippen molar-refractivity contribution in [1.82, 2.24) is 0 Å². The lowest BCUT2D eigenvalue weighted by molar-refractivity contribution is -0.385. The number of fused-ring (bicyclic) bond motifs is 1. The van der Waals surface area contributed by atoms with Crippen LogP contribution in [0, 0.1) is 15.9 Å². The predicted octanol–water partition coefficient (Wildman–Crippen LogP) is 4.20. The molecule has 23 heavy (non-hydrogen) atoms. The first-order valence-electron chi connectivity index (χ1n) is 6.86. The molecule has 1 N–H and O–H groups in total. The maximum Gasteiger partial charge on any atom is 0.412 e. The molecule has 0 saturated heterocycles. The van der Waals surface area contributed by atoms with Gasteiger partial charge in [-0.05, 0) is 43.2 Å². The van der Waals surface area contributed by atoms with Gasteiger partial charge in [-0.25, -0.2) is 9.18 Å². The Hall–Kier alpha value is -2.96. The summed E-state index contributed by atoms with van der Waals surface area (Å²) in [6.45, 7) is 3.48. The molecule has 6 nitrogen and oxygen atoms in total. The maximum absolute atomic E-state index is 13.6. The summed E-state index contributed by atoms with van der Waals surface area (Å²) in [7, 11) is 0. The molecule has 118 valence electrons. The molecule has 0 radical (unpaired) electrons. The number of hydrogen-bond acceptors (Lipinski definition) is 4. The van der Waals surface area contributed by atoms with Gasteiger partial charge in [-0.15, -0.1) is 0 Å². The van der Waals surface area contributed by atoms with Gasteiger partial charge in [-0.1, -0.05) is 6.07 Å². The van der Waals surface area contributed by atoms with E-state index in [0.29, 0.717) is 22.4 Å². The van der Waals surface area contributed by atoms with Crippen LogP contribution in [-0.4, -0.2) is 11.0 Å². The first-order valence-corrected chi connectivity index (χ1v) is 6.86. The van der Waals surface area contributed by atoms with E-state index in [-0.39, 0.29) is 5.69 Å². The number of carbonyl (C=O) groups is 1. The Morgan fingerprint density at radius 1 is 1.17 bits per heavy atom. The third-order valence-electron chi connectivity index (χ3n) is 3.68. The number of nitro groups is 1. The number of carbonyl (C=O) groups excluding carboxylic acids is 1. The van der Waals surface area contributed by atoms with Gasteiger partial charge in [0, 0.05) is 11.6 Å². The normalized spacial score (nSPS) is 15.3. The zero-order valence-electron chi connectivity index (χ0n) is 12.4. The Kier molecular flexibility index (Phi) is 3.28. The van der Waals surface area contributed by atoms with Crippen molar-refractivity contribution in [3.05, 3.63) is 57.9 Å². The fraction of sp³-hybridized carbons (Fsp3) is 0.188. The summed E-state index contributed by atoms with van der Waals surface area (Å²) in [5, 5.41) is 13.5. The summed E-state index contributed by atoms with van der Waals surface area (Å²) in [5.74, 6) is -0.685. The average Bonchev–Trinajstić information content (AvgIpc) is 2.45. The monoisotopic (exact) mass is 316 g/mol. The molecule has 2 aromatic carbocycles. The van der Waals surface area contributed by atoms with Gasteiger partial charge < -0.3 is 4.74 Å². The Morgan fingerprint density at radius 3 is 2.61 bits per heavy atom. The van der Waals surface area contributed by atoms with Gasteiger partial charge in [0.15, 0.2) is 0 Å². The minimum absolute atomic E-state index is 0.318. The molecular weight excluding hydrogens is 303 g/mol. The highest BCUT2D eigenvalue weighted by Crippen LogP contribution is 2.38. The average molecular weight is 316 g/mol. The Morgan fingerprint density at radius 2 is 1.91 bits per heavy atom. The summed E-state index contributed by atoms with van der Waals surface area (Å²) in [5.41, 5.74) is 1.11. The van der Waals surface area contributed by atoms with Gasteiger partial charge in [0.2, 0.25) is 0 Å². The number of rotatable bonds is 2. The molecule has 0 unspecified atom stereocenters. The first-order chi connectivity index (χ1) is 10.8. The number of nitrogens with zero attached hydrogens (tertiary/aromatic N) is 1. The third-order valence-corrected chi connectivity index (χ3v) is 3.68. The molecule has 0 atom stereocenters. The van der Waals surface area contributed by atoms with Crippen molar-refractivity contribution >= 4 is 17.5 Å². The number of nitro benzene ring substituents is 1. The molecule has 1 heterocycles. The quantitative estimate of drug-likeness (QED) is 0.665. The molecule has 0 aliphatic carbocycles. The van der Waals surface area contributed by atoms with Crippen LogP contribution in [0.5, 0.6) is 0 Å². The van der Waals surface area contributed by atoms with Crippen LogP contribution in [0.15, 0.2) is 36.4 Å². The topological polar surface area (TPSA) is 81.5 Å². The summed E-state index contributed by atoms with van der Waals surface area (Å²) < 4.78 is 18.9. The minimum atomic E-state index is -0.854. The molecular formula is C16H13FN2O4. The Balaban J connectivity index is 2.13. The van der Waals surface area contributed by atoms with Crippen LogP contribution in [-0.2, 0) is 10.3 Å². The van der Waals surface area contributed by atoms with Crippen molar-refractivity contribution in [2.24, 2.45) is 0 Å². The number of hydrogen-bond donors (Lipinski definition) is 1. The van der Waals surface area contributed by atoms with Crippen LogP contribution < -0.4 is 5.32 Å². The molecule has 0 aromatic heterocycles. The van der Waals surface area contributed by atoms with E-state index >= 15 is 0 Å².